The number of nitrogens with zero attached hydrogens (tertiary/aromatic N) is 6. The Morgan fingerprint density at radius 2 is 0.866 bits per heavy atom. The summed E-state index contributed by atoms with van der Waals surface area (Å²) in [7, 11) is 4.21. The molecule has 82 heavy (non-hydrogen) atoms. The maximum Gasteiger partial charge on any atom is 0.220 e. The quantitative estimate of drug-likeness (QED) is 0.0285. The van der Waals surface area contributed by atoms with Gasteiger partial charge in [-0.3, -0.25) is 9.59 Å². The van der Waals surface area contributed by atoms with Gasteiger partial charge in [0.15, 0.2) is 0 Å². The third-order valence-electron chi connectivity index (χ3n) is 13.8. The first kappa shape index (κ1) is 62.5. The summed E-state index contributed by atoms with van der Waals surface area (Å²) in [5, 5.41) is 14.8. The Morgan fingerprint density at radius 1 is 0.488 bits per heavy atom. The second kappa shape index (κ2) is 33.1. The summed E-state index contributed by atoms with van der Waals surface area (Å²) in [5.41, 5.74) is 10.5. The van der Waals surface area contributed by atoms with Crippen LogP contribution < -0.4 is 21.3 Å². The highest BCUT2D eigenvalue weighted by Crippen LogP contribution is 2.41. The predicted octanol–water partition coefficient (Wildman–Crippen LogP) is 9.01. The maximum absolute atomic E-state index is 12.2. The monoisotopic (exact) mass is 1200 g/mol. The highest BCUT2D eigenvalue weighted by molar-refractivity contribution is 6.35. The number of fused-ring (bicyclic) bond motifs is 2. The number of benzene rings is 4. The van der Waals surface area contributed by atoms with Crippen molar-refractivity contribution in [2.75, 3.05) is 143 Å². The van der Waals surface area contributed by atoms with Gasteiger partial charge in [-0.05, 0) is 83.9 Å². The fourth-order valence-corrected chi connectivity index (χ4v) is 11.0. The second-order valence-corrected chi connectivity index (χ2v) is 21.7. The van der Waals surface area contributed by atoms with E-state index < -0.39 is 0 Å². The van der Waals surface area contributed by atoms with Crippen LogP contribution in [0.1, 0.15) is 58.1 Å². The lowest BCUT2D eigenvalue weighted by molar-refractivity contribution is -0.126. The van der Waals surface area contributed by atoms with Crippen LogP contribution in [-0.2, 0) is 51.1 Å². The molecule has 4 aromatic carbocycles. The highest BCUT2D eigenvalue weighted by Gasteiger charge is 2.29. The number of halogens is 4. The molecule has 18 nitrogen and oxygen atoms in total. The number of hydrogen-bond donors (Lipinski definition) is 4. The minimum absolute atomic E-state index is 0.0768. The Morgan fingerprint density at radius 3 is 1.27 bits per heavy atom. The van der Waals surface area contributed by atoms with Gasteiger partial charge in [-0.2, -0.15) is 0 Å². The summed E-state index contributed by atoms with van der Waals surface area (Å²) in [5.74, 6) is 1.22. The zero-order chi connectivity index (χ0) is 57.5. The van der Waals surface area contributed by atoms with Gasteiger partial charge in [0, 0.05) is 120 Å². The predicted molar refractivity (Wildman–Crippen MR) is 321 cm³/mol. The molecule has 4 heterocycles. The van der Waals surface area contributed by atoms with Crippen molar-refractivity contribution >= 4 is 69.9 Å². The number of amides is 2. The Hall–Kier alpha value is -5.58. The van der Waals surface area contributed by atoms with E-state index in [1.165, 1.54) is 11.1 Å². The molecule has 2 amide bonds. The Labute approximate surface area is 500 Å². The molecule has 8 rings (SSSR count). The fourth-order valence-electron chi connectivity index (χ4n) is 9.83. The van der Waals surface area contributed by atoms with Crippen LogP contribution in [0.3, 0.4) is 0 Å². The van der Waals surface area contributed by atoms with E-state index in [4.69, 9.17) is 74.8 Å². The van der Waals surface area contributed by atoms with E-state index in [0.29, 0.717) is 137 Å². The Kier molecular flexibility index (Phi) is 25.2. The molecule has 438 valence electrons. The van der Waals surface area contributed by atoms with Gasteiger partial charge in [-0.15, -0.1) is 0 Å². The summed E-state index contributed by atoms with van der Waals surface area (Å²) in [6.45, 7) is 9.92. The molecule has 2 aliphatic heterocycles. The average molecular weight is 1200 g/mol. The zero-order valence-electron chi connectivity index (χ0n) is 46.4. The highest BCUT2D eigenvalue weighted by atomic mass is 35.5. The Balaban J connectivity index is 0.570. The third kappa shape index (κ3) is 19.5. The Bertz CT molecular complexity index is 2820. The van der Waals surface area contributed by atoms with Crippen molar-refractivity contribution in [3.05, 3.63) is 151 Å². The number of nitrogens with one attached hydrogen (secondary N) is 4. The minimum Gasteiger partial charge on any atom is -0.377 e. The smallest absolute Gasteiger partial charge is 0.220 e. The molecule has 2 atom stereocenters. The normalized spacial score (nSPS) is 15.2. The van der Waals surface area contributed by atoms with Crippen molar-refractivity contribution in [1.29, 1.82) is 0 Å². The van der Waals surface area contributed by atoms with Gasteiger partial charge >= 0.3 is 0 Å². The summed E-state index contributed by atoms with van der Waals surface area (Å²) in [4.78, 5) is 46.9. The van der Waals surface area contributed by atoms with Gasteiger partial charge in [0.1, 0.15) is 24.3 Å². The summed E-state index contributed by atoms with van der Waals surface area (Å²) in [6.07, 6.45) is 3.27. The maximum atomic E-state index is 12.2. The fraction of sp³-hybridized carbons (Fsp3) is 0.433. The van der Waals surface area contributed by atoms with Crippen molar-refractivity contribution in [3.8, 4) is 22.5 Å². The SMILES string of the molecule is CN1Cc2c(Cl)cc(Cl)cc2[C@H](c2cccc(-c3cc(NCCOCCOCCOCCNC(=O)CCC(=O)NCCOCCOCCOCCNc4cc(-c5cccc([C@@H]6CN(C)Cc7c(Cl)cc(Cl)cc76)c5)ncn4)ncn3)c2)C1. The van der Waals surface area contributed by atoms with Crippen LogP contribution >= 0.6 is 46.4 Å². The lowest BCUT2D eigenvalue weighted by Gasteiger charge is -2.33. The van der Waals surface area contributed by atoms with Gasteiger partial charge in [-0.1, -0.05) is 82.8 Å². The lowest BCUT2D eigenvalue weighted by atomic mass is 9.84. The topological polar surface area (TPSA) is 196 Å². The molecule has 0 radical (unpaired) electrons. The lowest BCUT2D eigenvalue weighted by Crippen LogP contribution is -2.31. The molecular weight excluding hydrogens is 1130 g/mol. The first-order chi connectivity index (χ1) is 40.0. The van der Waals surface area contributed by atoms with Gasteiger partial charge in [0.2, 0.25) is 11.8 Å². The number of ether oxygens (including phenoxy) is 6. The van der Waals surface area contributed by atoms with Crippen molar-refractivity contribution in [2.45, 2.75) is 37.8 Å². The number of hydrogen-bond acceptors (Lipinski definition) is 16. The van der Waals surface area contributed by atoms with Crippen molar-refractivity contribution < 1.29 is 38.0 Å². The summed E-state index contributed by atoms with van der Waals surface area (Å²) in [6, 6.07) is 28.4. The van der Waals surface area contributed by atoms with E-state index in [0.717, 1.165) is 70.9 Å². The number of anilines is 2. The van der Waals surface area contributed by atoms with Gasteiger partial charge in [0.05, 0.1) is 90.7 Å². The van der Waals surface area contributed by atoms with Crippen molar-refractivity contribution in [3.63, 3.8) is 0 Å². The number of aromatic nitrogens is 4. The van der Waals surface area contributed by atoms with Crippen LogP contribution in [0.4, 0.5) is 11.6 Å². The van der Waals surface area contributed by atoms with E-state index >= 15 is 0 Å². The van der Waals surface area contributed by atoms with E-state index in [2.05, 4.69) is 114 Å². The average Bonchev–Trinajstić information content (AvgIpc) is 3.01. The van der Waals surface area contributed by atoms with Gasteiger partial charge in [0.25, 0.3) is 0 Å². The molecule has 22 heteroatoms. The zero-order valence-corrected chi connectivity index (χ0v) is 49.4. The molecule has 0 bridgehead atoms. The van der Waals surface area contributed by atoms with E-state index in [9.17, 15) is 9.59 Å². The molecule has 4 N–H and O–H groups in total. The molecule has 2 aliphatic rings. The third-order valence-corrected chi connectivity index (χ3v) is 14.9. The standard InChI is InChI=1S/C60H72Cl4N10O8/c1-73-35-49(47-29-45(61)31-53(63)51(47)37-73)41-5-3-7-43(27-41)55-33-57(71-39-69-55)65-11-15-77-19-23-81-25-21-79-17-13-67-59(75)9-10-60(76)68-14-18-80-22-26-82-24-20-78-16-12-66-58-34-56(70-40-72-58)44-8-4-6-42(28-44)50-36-74(2)38-52-48(50)30-46(62)32-54(52)64/h3-8,27-34,39-40,49-50H,9-26,35-38H2,1-2H3,(H,67,75)(H,68,76)(H,65,69,71)(H,66,70,72)/t49-,50-/m0/s1. The number of likely N-dealkylation sites (N-methyl/N-ethyl adjacent to an activating group) is 2. The van der Waals surface area contributed by atoms with E-state index in [-0.39, 0.29) is 36.5 Å². The van der Waals surface area contributed by atoms with Crippen LogP contribution in [0.5, 0.6) is 0 Å². The van der Waals surface area contributed by atoms with Crippen LogP contribution in [0.15, 0.2) is 97.6 Å². The van der Waals surface area contributed by atoms with E-state index in [1.54, 1.807) is 12.7 Å². The summed E-state index contributed by atoms with van der Waals surface area (Å²) >= 11 is 26.1. The molecule has 0 unspecified atom stereocenters. The summed E-state index contributed by atoms with van der Waals surface area (Å²) < 4.78 is 33.8. The number of carbonyl (C=O) groups is 2. The first-order valence-corrected chi connectivity index (χ1v) is 29.1. The van der Waals surface area contributed by atoms with Crippen molar-refractivity contribution in [1.82, 2.24) is 40.4 Å². The molecular formula is C60H72Cl4N10O8. The minimum atomic E-state index is -0.223. The van der Waals surface area contributed by atoms with Gasteiger partial charge in [-0.25, -0.2) is 19.9 Å². The number of rotatable bonds is 33. The van der Waals surface area contributed by atoms with E-state index in [1.807, 2.05) is 36.4 Å². The van der Waals surface area contributed by atoms with Crippen LogP contribution in [0.2, 0.25) is 20.1 Å². The molecule has 6 aromatic rings. The molecule has 0 saturated heterocycles. The molecule has 0 spiro atoms. The molecule has 0 saturated carbocycles. The van der Waals surface area contributed by atoms with Crippen LogP contribution in [0, 0.1) is 0 Å². The molecule has 0 aliphatic carbocycles. The largest absolute Gasteiger partial charge is 0.377 e. The number of carbonyl (C=O) groups excluding carboxylic acids is 2. The van der Waals surface area contributed by atoms with Gasteiger partial charge < -0.3 is 59.5 Å². The van der Waals surface area contributed by atoms with Crippen LogP contribution in [-0.4, -0.2) is 174 Å². The van der Waals surface area contributed by atoms with Crippen LogP contribution in [0.25, 0.3) is 22.5 Å². The molecule has 0 fully saturated rings. The first-order valence-electron chi connectivity index (χ1n) is 27.6. The molecule has 2 aromatic heterocycles. The second-order valence-electron chi connectivity index (χ2n) is 20.0. The van der Waals surface area contributed by atoms with Crippen molar-refractivity contribution in [2.24, 2.45) is 0 Å².